The summed E-state index contributed by atoms with van der Waals surface area (Å²) in [6.45, 7) is 2.02. The Morgan fingerprint density at radius 1 is 1.22 bits per heavy atom. The fraction of sp³-hybridized carbons (Fsp3) is 0.538. The summed E-state index contributed by atoms with van der Waals surface area (Å²) < 4.78 is 28.3. The summed E-state index contributed by atoms with van der Waals surface area (Å²) >= 11 is 2.22. The Bertz CT molecular complexity index is 522. The van der Waals surface area contributed by atoms with Crippen LogP contribution in [0.4, 0.5) is 5.69 Å². The molecule has 3 nitrogen and oxygen atoms in total. The number of hydrogen-bond acceptors (Lipinski definition) is 2. The van der Waals surface area contributed by atoms with Crippen LogP contribution >= 0.6 is 22.6 Å². The van der Waals surface area contributed by atoms with E-state index >= 15 is 0 Å². The molecule has 1 aliphatic carbocycles. The molecule has 0 aliphatic heterocycles. The number of nitrogens with one attached hydrogen (secondary N) is 1. The Balaban J connectivity index is 2.13. The molecule has 0 aromatic heterocycles. The minimum atomic E-state index is -3.22. The second-order valence-corrected chi connectivity index (χ2v) is 7.99. The molecule has 1 aromatic rings. The number of anilines is 1. The molecule has 5 heteroatoms. The quantitative estimate of drug-likeness (QED) is 0.815. The predicted octanol–water partition coefficient (Wildman–Crippen LogP) is 3.67. The number of rotatable bonds is 3. The van der Waals surface area contributed by atoms with E-state index in [2.05, 4.69) is 27.3 Å². The zero-order valence-electron chi connectivity index (χ0n) is 10.4. The summed E-state index contributed by atoms with van der Waals surface area (Å²) in [6, 6.07) is 5.66. The standard InChI is InChI=1S/C13H18INO2S/c1-10-7-8-11(9-13(10)14)15-18(16,17)12-5-3-2-4-6-12/h7-9,12,15H,2-6H2,1H3. The van der Waals surface area contributed by atoms with E-state index in [1.165, 1.54) is 0 Å². The zero-order chi connectivity index (χ0) is 13.2. The van der Waals surface area contributed by atoms with E-state index in [-0.39, 0.29) is 5.25 Å². The largest absolute Gasteiger partial charge is 0.283 e. The molecule has 0 atom stereocenters. The van der Waals surface area contributed by atoms with Crippen LogP contribution in [0.5, 0.6) is 0 Å². The van der Waals surface area contributed by atoms with Gasteiger partial charge in [0.1, 0.15) is 0 Å². The molecule has 1 fully saturated rings. The van der Waals surface area contributed by atoms with Crippen molar-refractivity contribution >= 4 is 38.3 Å². The lowest BCUT2D eigenvalue weighted by Gasteiger charge is -2.22. The molecule has 1 aliphatic rings. The van der Waals surface area contributed by atoms with E-state index in [4.69, 9.17) is 0 Å². The highest BCUT2D eigenvalue weighted by Gasteiger charge is 2.27. The zero-order valence-corrected chi connectivity index (χ0v) is 13.4. The maximum Gasteiger partial charge on any atom is 0.235 e. The number of hydrogen-bond donors (Lipinski definition) is 1. The molecular formula is C13H18INO2S. The highest BCUT2D eigenvalue weighted by atomic mass is 127. The Morgan fingerprint density at radius 3 is 2.50 bits per heavy atom. The molecule has 2 rings (SSSR count). The molecule has 0 radical (unpaired) electrons. The van der Waals surface area contributed by atoms with Crippen molar-refractivity contribution in [3.05, 3.63) is 27.3 Å². The van der Waals surface area contributed by atoms with Gasteiger partial charge in [-0.3, -0.25) is 4.72 Å². The maximum absolute atomic E-state index is 12.2. The van der Waals surface area contributed by atoms with Gasteiger partial charge in [0.15, 0.2) is 0 Å². The van der Waals surface area contributed by atoms with Crippen molar-refractivity contribution in [2.24, 2.45) is 0 Å². The number of aryl methyl sites for hydroxylation is 1. The normalized spacial score (nSPS) is 17.7. The summed E-state index contributed by atoms with van der Waals surface area (Å²) in [7, 11) is -3.22. The Hall–Kier alpha value is -0.300. The minimum absolute atomic E-state index is 0.217. The number of benzene rings is 1. The van der Waals surface area contributed by atoms with Crippen LogP contribution in [0.15, 0.2) is 18.2 Å². The first-order valence-corrected chi connectivity index (χ1v) is 8.89. The van der Waals surface area contributed by atoms with Crippen molar-refractivity contribution in [2.45, 2.75) is 44.3 Å². The molecule has 0 amide bonds. The van der Waals surface area contributed by atoms with Crippen LogP contribution in [0.25, 0.3) is 0 Å². The summed E-state index contributed by atoms with van der Waals surface area (Å²) in [5, 5.41) is -0.217. The average molecular weight is 379 g/mol. The van der Waals surface area contributed by atoms with E-state index in [1.807, 2.05) is 25.1 Å². The second-order valence-electron chi connectivity index (χ2n) is 4.87. The molecule has 1 aromatic carbocycles. The van der Waals surface area contributed by atoms with Gasteiger partial charge in [-0.15, -0.1) is 0 Å². The van der Waals surface area contributed by atoms with Crippen molar-refractivity contribution in [3.63, 3.8) is 0 Å². The van der Waals surface area contributed by atoms with Gasteiger partial charge in [-0.2, -0.15) is 0 Å². The molecule has 0 bridgehead atoms. The second kappa shape index (κ2) is 5.77. The molecule has 1 saturated carbocycles. The summed E-state index contributed by atoms with van der Waals surface area (Å²) in [4.78, 5) is 0. The fourth-order valence-corrected chi connectivity index (χ4v) is 4.37. The van der Waals surface area contributed by atoms with Crippen LogP contribution in [0.3, 0.4) is 0 Å². The Labute approximate surface area is 123 Å². The predicted molar refractivity (Wildman–Crippen MR) is 83.3 cm³/mol. The van der Waals surface area contributed by atoms with Gasteiger partial charge in [0.2, 0.25) is 10.0 Å². The van der Waals surface area contributed by atoms with Crippen LogP contribution in [-0.2, 0) is 10.0 Å². The lowest BCUT2D eigenvalue weighted by atomic mass is 10.0. The maximum atomic E-state index is 12.2. The lowest BCUT2D eigenvalue weighted by molar-refractivity contribution is 0.486. The van der Waals surface area contributed by atoms with Crippen LogP contribution in [0, 0.1) is 10.5 Å². The van der Waals surface area contributed by atoms with E-state index < -0.39 is 10.0 Å². The van der Waals surface area contributed by atoms with Crippen molar-refractivity contribution in [1.29, 1.82) is 0 Å². The molecule has 0 spiro atoms. The third-order valence-corrected chi connectivity index (χ3v) is 6.45. The van der Waals surface area contributed by atoms with Gasteiger partial charge < -0.3 is 0 Å². The van der Waals surface area contributed by atoms with Gasteiger partial charge in [-0.05, 0) is 60.1 Å². The van der Waals surface area contributed by atoms with E-state index in [9.17, 15) is 8.42 Å². The summed E-state index contributed by atoms with van der Waals surface area (Å²) in [5.41, 5.74) is 1.84. The molecule has 18 heavy (non-hydrogen) atoms. The van der Waals surface area contributed by atoms with Crippen molar-refractivity contribution in [1.82, 2.24) is 0 Å². The van der Waals surface area contributed by atoms with Gasteiger partial charge in [-0.1, -0.05) is 25.3 Å². The fourth-order valence-electron chi connectivity index (χ4n) is 2.28. The summed E-state index contributed by atoms with van der Waals surface area (Å²) in [6.07, 6.45) is 4.79. The van der Waals surface area contributed by atoms with Gasteiger partial charge in [0.05, 0.1) is 5.25 Å². The van der Waals surface area contributed by atoms with E-state index in [0.717, 1.165) is 41.2 Å². The van der Waals surface area contributed by atoms with Crippen LogP contribution < -0.4 is 4.72 Å². The molecule has 100 valence electrons. The highest BCUT2D eigenvalue weighted by molar-refractivity contribution is 14.1. The first-order valence-electron chi connectivity index (χ1n) is 6.27. The topological polar surface area (TPSA) is 46.2 Å². The van der Waals surface area contributed by atoms with Crippen molar-refractivity contribution in [3.8, 4) is 0 Å². The lowest BCUT2D eigenvalue weighted by Crippen LogP contribution is -2.29. The first kappa shape index (κ1) is 14.1. The Kier molecular flexibility index (Phi) is 4.53. The van der Waals surface area contributed by atoms with Crippen LogP contribution in [-0.4, -0.2) is 13.7 Å². The van der Waals surface area contributed by atoms with E-state index in [1.54, 1.807) is 0 Å². The smallest absolute Gasteiger partial charge is 0.235 e. The Morgan fingerprint density at radius 2 is 1.89 bits per heavy atom. The number of halogens is 1. The molecule has 1 N–H and O–H groups in total. The third kappa shape index (κ3) is 3.38. The van der Waals surface area contributed by atoms with Crippen LogP contribution in [0.2, 0.25) is 0 Å². The van der Waals surface area contributed by atoms with Crippen molar-refractivity contribution < 1.29 is 8.42 Å². The van der Waals surface area contributed by atoms with Gasteiger partial charge in [0, 0.05) is 9.26 Å². The van der Waals surface area contributed by atoms with Crippen LogP contribution in [0.1, 0.15) is 37.7 Å². The van der Waals surface area contributed by atoms with Gasteiger partial charge in [0.25, 0.3) is 0 Å². The molecule has 0 heterocycles. The van der Waals surface area contributed by atoms with Gasteiger partial charge in [-0.25, -0.2) is 8.42 Å². The number of sulfonamides is 1. The first-order chi connectivity index (χ1) is 8.49. The third-order valence-electron chi connectivity index (χ3n) is 3.42. The van der Waals surface area contributed by atoms with E-state index in [0.29, 0.717) is 5.69 Å². The molecule has 0 unspecified atom stereocenters. The van der Waals surface area contributed by atoms with Crippen molar-refractivity contribution in [2.75, 3.05) is 4.72 Å². The molecular weight excluding hydrogens is 361 g/mol. The average Bonchev–Trinajstić information content (AvgIpc) is 2.35. The van der Waals surface area contributed by atoms with Gasteiger partial charge >= 0.3 is 0 Å². The summed E-state index contributed by atoms with van der Waals surface area (Å²) in [5.74, 6) is 0. The molecule has 0 saturated heterocycles. The SMILES string of the molecule is Cc1ccc(NS(=O)(=O)C2CCCCC2)cc1I. The minimum Gasteiger partial charge on any atom is -0.283 e. The monoisotopic (exact) mass is 379 g/mol. The highest BCUT2D eigenvalue weighted by Crippen LogP contribution is 2.26.